The summed E-state index contributed by atoms with van der Waals surface area (Å²) in [5, 5.41) is 0. The molecule has 2 rings (SSSR count). The Balaban J connectivity index is 0.000000461. The van der Waals surface area contributed by atoms with Gasteiger partial charge in [0, 0.05) is 17.6 Å². The lowest BCUT2D eigenvalue weighted by Gasteiger charge is -2.09. The zero-order valence-corrected chi connectivity index (χ0v) is 11.7. The van der Waals surface area contributed by atoms with Crippen molar-refractivity contribution in [3.63, 3.8) is 0 Å². The third-order valence-electron chi connectivity index (χ3n) is 2.40. The Labute approximate surface area is 107 Å². The SMILES string of the molecule is CCN1Cc2ccc(Br)cc2C1.OI. The summed E-state index contributed by atoms with van der Waals surface area (Å²) in [6.07, 6.45) is 0. The van der Waals surface area contributed by atoms with Crippen LogP contribution in [0.3, 0.4) is 0 Å². The summed E-state index contributed by atoms with van der Waals surface area (Å²) in [6, 6.07) is 6.57. The van der Waals surface area contributed by atoms with Crippen LogP contribution < -0.4 is 0 Å². The molecule has 0 unspecified atom stereocenters. The topological polar surface area (TPSA) is 23.5 Å². The van der Waals surface area contributed by atoms with Crippen LogP contribution in [-0.4, -0.2) is 14.9 Å². The van der Waals surface area contributed by atoms with Crippen molar-refractivity contribution in [1.82, 2.24) is 4.90 Å². The maximum atomic E-state index is 6.97. The lowest BCUT2D eigenvalue weighted by Crippen LogP contribution is -2.14. The highest BCUT2D eigenvalue weighted by Crippen LogP contribution is 2.25. The van der Waals surface area contributed by atoms with Crippen molar-refractivity contribution < 1.29 is 3.44 Å². The monoisotopic (exact) mass is 369 g/mol. The van der Waals surface area contributed by atoms with E-state index < -0.39 is 0 Å². The lowest BCUT2D eigenvalue weighted by atomic mass is 10.1. The van der Waals surface area contributed by atoms with Crippen LogP contribution in [0.25, 0.3) is 0 Å². The summed E-state index contributed by atoms with van der Waals surface area (Å²) in [6.45, 7) is 5.59. The van der Waals surface area contributed by atoms with Gasteiger partial charge in [-0.3, -0.25) is 4.90 Å². The van der Waals surface area contributed by atoms with Crippen LogP contribution >= 0.6 is 38.9 Å². The number of halogens is 2. The highest BCUT2D eigenvalue weighted by Gasteiger charge is 2.16. The molecule has 1 N–H and O–H groups in total. The molecular weight excluding hydrogens is 357 g/mol. The van der Waals surface area contributed by atoms with Crippen molar-refractivity contribution >= 4 is 38.9 Å². The van der Waals surface area contributed by atoms with Crippen molar-refractivity contribution in [2.24, 2.45) is 0 Å². The molecule has 14 heavy (non-hydrogen) atoms. The zero-order valence-electron chi connectivity index (χ0n) is 8.00. The van der Waals surface area contributed by atoms with Gasteiger partial charge < -0.3 is 3.44 Å². The van der Waals surface area contributed by atoms with Gasteiger partial charge in [0.2, 0.25) is 0 Å². The average Bonchev–Trinajstić information content (AvgIpc) is 2.62. The number of hydrogen-bond acceptors (Lipinski definition) is 2. The van der Waals surface area contributed by atoms with E-state index in [4.69, 9.17) is 3.44 Å². The quantitative estimate of drug-likeness (QED) is 0.769. The average molecular weight is 370 g/mol. The summed E-state index contributed by atoms with van der Waals surface area (Å²) in [5.41, 5.74) is 2.96. The van der Waals surface area contributed by atoms with E-state index in [9.17, 15) is 0 Å². The first-order valence-corrected chi connectivity index (χ1v) is 6.22. The molecule has 1 heterocycles. The summed E-state index contributed by atoms with van der Waals surface area (Å²) in [4.78, 5) is 2.44. The molecule has 0 spiro atoms. The Kier molecular flexibility index (Phi) is 5.36. The number of benzene rings is 1. The third-order valence-corrected chi connectivity index (χ3v) is 2.90. The molecule has 0 saturated heterocycles. The molecular formula is C10H13BrINO. The number of nitrogens with zero attached hydrogens (tertiary/aromatic N) is 1. The van der Waals surface area contributed by atoms with Crippen LogP contribution in [0.15, 0.2) is 22.7 Å². The first-order chi connectivity index (χ1) is 6.79. The van der Waals surface area contributed by atoms with Gasteiger partial charge in [0.25, 0.3) is 0 Å². The fraction of sp³-hybridized carbons (Fsp3) is 0.400. The van der Waals surface area contributed by atoms with E-state index in [-0.39, 0.29) is 0 Å². The van der Waals surface area contributed by atoms with Gasteiger partial charge in [-0.25, -0.2) is 0 Å². The predicted molar refractivity (Wildman–Crippen MR) is 70.2 cm³/mol. The van der Waals surface area contributed by atoms with E-state index in [0.29, 0.717) is 0 Å². The normalized spacial score (nSPS) is 14.6. The maximum Gasteiger partial charge on any atom is 0.106 e. The van der Waals surface area contributed by atoms with Gasteiger partial charge in [0.15, 0.2) is 0 Å². The third kappa shape index (κ3) is 2.92. The second-order valence-corrected chi connectivity index (χ2v) is 4.13. The van der Waals surface area contributed by atoms with E-state index in [1.54, 1.807) is 0 Å². The van der Waals surface area contributed by atoms with Gasteiger partial charge in [0.05, 0.1) is 0 Å². The van der Waals surface area contributed by atoms with Crippen LogP contribution in [-0.2, 0) is 13.1 Å². The molecule has 2 nitrogen and oxygen atoms in total. The summed E-state index contributed by atoms with van der Waals surface area (Å²) >= 11 is 4.64. The van der Waals surface area contributed by atoms with E-state index in [0.717, 1.165) is 42.6 Å². The molecule has 78 valence electrons. The predicted octanol–water partition coefficient (Wildman–Crippen LogP) is 3.11. The minimum absolute atomic E-state index is 1.12. The smallest absolute Gasteiger partial charge is 0.106 e. The van der Waals surface area contributed by atoms with Gasteiger partial charge >= 0.3 is 0 Å². The van der Waals surface area contributed by atoms with Crippen molar-refractivity contribution in [2.45, 2.75) is 20.0 Å². The highest BCUT2D eigenvalue weighted by atomic mass is 127. The first kappa shape index (κ1) is 12.4. The molecule has 1 aromatic rings. The van der Waals surface area contributed by atoms with Crippen LogP contribution in [0.4, 0.5) is 0 Å². The molecule has 0 bridgehead atoms. The van der Waals surface area contributed by atoms with E-state index in [2.05, 4.69) is 46.0 Å². The van der Waals surface area contributed by atoms with E-state index in [1.807, 2.05) is 0 Å². The Hall–Kier alpha value is 0.350. The molecule has 0 aliphatic carbocycles. The highest BCUT2D eigenvalue weighted by molar-refractivity contribution is 14.1. The second-order valence-electron chi connectivity index (χ2n) is 3.22. The zero-order chi connectivity index (χ0) is 10.6. The maximum absolute atomic E-state index is 6.97. The Morgan fingerprint density at radius 3 is 2.64 bits per heavy atom. The van der Waals surface area contributed by atoms with Gasteiger partial charge in [-0.1, -0.05) is 28.9 Å². The molecule has 0 radical (unpaired) electrons. The van der Waals surface area contributed by atoms with Crippen molar-refractivity contribution in [3.8, 4) is 0 Å². The van der Waals surface area contributed by atoms with Crippen LogP contribution in [0.5, 0.6) is 0 Å². The van der Waals surface area contributed by atoms with Gasteiger partial charge in [-0.05, 0) is 29.8 Å². The molecule has 0 aromatic heterocycles. The van der Waals surface area contributed by atoms with Gasteiger partial charge in [0.1, 0.15) is 23.0 Å². The summed E-state index contributed by atoms with van der Waals surface area (Å²) in [5.74, 6) is 0. The molecule has 0 fully saturated rings. The standard InChI is InChI=1S/C10H12BrN.HIO/c1-2-12-6-8-3-4-10(11)5-9(8)7-12;1-2/h3-5H,2,6-7H2,1H3;2H. The molecule has 1 aromatic carbocycles. The van der Waals surface area contributed by atoms with Crippen LogP contribution in [0, 0.1) is 0 Å². The van der Waals surface area contributed by atoms with Crippen molar-refractivity contribution in [2.75, 3.05) is 6.54 Å². The second kappa shape index (κ2) is 6.05. The van der Waals surface area contributed by atoms with Crippen LogP contribution in [0.1, 0.15) is 18.1 Å². The minimum Gasteiger partial charge on any atom is -0.331 e. The summed E-state index contributed by atoms with van der Waals surface area (Å²) < 4.78 is 8.16. The van der Waals surface area contributed by atoms with Crippen molar-refractivity contribution in [3.05, 3.63) is 33.8 Å². The largest absolute Gasteiger partial charge is 0.331 e. The number of hydrogen-bond donors (Lipinski definition) is 1. The lowest BCUT2D eigenvalue weighted by molar-refractivity contribution is 0.301. The van der Waals surface area contributed by atoms with E-state index in [1.165, 1.54) is 15.6 Å². The van der Waals surface area contributed by atoms with Crippen molar-refractivity contribution in [1.29, 1.82) is 0 Å². The molecule has 0 amide bonds. The first-order valence-electron chi connectivity index (χ1n) is 4.46. The Bertz CT molecular complexity index is 306. The number of fused-ring (bicyclic) bond motifs is 1. The fourth-order valence-electron chi connectivity index (χ4n) is 1.66. The molecule has 1 aliphatic rings. The summed E-state index contributed by atoms with van der Waals surface area (Å²) in [7, 11) is 0. The fourth-order valence-corrected chi connectivity index (χ4v) is 2.07. The number of rotatable bonds is 1. The Morgan fingerprint density at radius 1 is 1.36 bits per heavy atom. The minimum atomic E-state index is 1.12. The molecule has 0 atom stereocenters. The van der Waals surface area contributed by atoms with Crippen LogP contribution in [0.2, 0.25) is 0 Å². The molecule has 0 saturated carbocycles. The molecule has 1 aliphatic heterocycles. The van der Waals surface area contributed by atoms with Gasteiger partial charge in [-0.2, -0.15) is 0 Å². The molecule has 4 heteroatoms. The Morgan fingerprint density at radius 2 is 2.00 bits per heavy atom. The van der Waals surface area contributed by atoms with Gasteiger partial charge in [-0.15, -0.1) is 0 Å². The van der Waals surface area contributed by atoms with E-state index >= 15 is 0 Å².